The van der Waals surface area contributed by atoms with E-state index >= 15 is 0 Å². The summed E-state index contributed by atoms with van der Waals surface area (Å²) in [4.78, 5) is 0. The number of ether oxygens (including phenoxy) is 2. The summed E-state index contributed by atoms with van der Waals surface area (Å²) >= 11 is 0. The van der Waals surface area contributed by atoms with Crippen molar-refractivity contribution in [2.45, 2.75) is 58.0 Å². The Balaban J connectivity index is 1.95. The van der Waals surface area contributed by atoms with E-state index in [0.29, 0.717) is 6.04 Å². The molecule has 1 atom stereocenters. The zero-order chi connectivity index (χ0) is 15.1. The molecule has 0 saturated heterocycles. The van der Waals surface area contributed by atoms with Gasteiger partial charge in [-0.3, -0.25) is 0 Å². The van der Waals surface area contributed by atoms with Gasteiger partial charge in [0.15, 0.2) is 11.5 Å². The average Bonchev–Trinajstić information content (AvgIpc) is 2.81. The van der Waals surface area contributed by atoms with E-state index in [-0.39, 0.29) is 0 Å². The number of benzene rings is 1. The van der Waals surface area contributed by atoms with E-state index in [2.05, 4.69) is 18.3 Å². The normalized spacial score (nSPS) is 18.0. The molecule has 0 spiro atoms. The minimum Gasteiger partial charge on any atom is -0.493 e. The Morgan fingerprint density at radius 1 is 1.10 bits per heavy atom. The molecule has 1 saturated carbocycles. The molecule has 1 aromatic rings. The summed E-state index contributed by atoms with van der Waals surface area (Å²) in [6, 6.07) is 6.62. The SMILES string of the molecule is COc1cccc(CN[C@H](C)C2CCCCCC2)c1OC. The van der Waals surface area contributed by atoms with E-state index in [0.717, 1.165) is 29.5 Å². The van der Waals surface area contributed by atoms with Gasteiger partial charge in [0.05, 0.1) is 14.2 Å². The molecule has 0 amide bonds. The van der Waals surface area contributed by atoms with E-state index < -0.39 is 0 Å². The number of para-hydroxylation sites is 1. The minimum atomic E-state index is 0.555. The molecule has 0 unspecified atom stereocenters. The average molecular weight is 291 g/mol. The van der Waals surface area contributed by atoms with Gasteiger partial charge in [-0.15, -0.1) is 0 Å². The molecule has 1 aliphatic rings. The molecular formula is C18H29NO2. The number of hydrogen-bond acceptors (Lipinski definition) is 3. The first-order valence-corrected chi connectivity index (χ1v) is 8.19. The Kier molecular flexibility index (Phi) is 6.37. The monoisotopic (exact) mass is 291 g/mol. The van der Waals surface area contributed by atoms with E-state index in [1.165, 1.54) is 38.5 Å². The van der Waals surface area contributed by atoms with Crippen LogP contribution in [-0.2, 0) is 6.54 Å². The van der Waals surface area contributed by atoms with Crippen LogP contribution in [0.25, 0.3) is 0 Å². The third-order valence-corrected chi connectivity index (χ3v) is 4.71. The lowest BCUT2D eigenvalue weighted by Gasteiger charge is -2.24. The van der Waals surface area contributed by atoms with Gasteiger partial charge in [-0.25, -0.2) is 0 Å². The Hall–Kier alpha value is -1.22. The summed E-state index contributed by atoms with van der Waals surface area (Å²) in [7, 11) is 3.39. The zero-order valence-corrected chi connectivity index (χ0v) is 13.7. The molecule has 0 aliphatic heterocycles. The molecule has 3 nitrogen and oxygen atoms in total. The summed E-state index contributed by atoms with van der Waals surface area (Å²) in [5.41, 5.74) is 1.16. The molecule has 1 N–H and O–H groups in total. The Bertz CT molecular complexity index is 425. The van der Waals surface area contributed by atoms with Crippen molar-refractivity contribution < 1.29 is 9.47 Å². The molecule has 0 bridgehead atoms. The second kappa shape index (κ2) is 8.28. The third kappa shape index (κ3) is 4.37. The zero-order valence-electron chi connectivity index (χ0n) is 13.7. The standard InChI is InChI=1S/C18H29NO2/c1-14(15-9-6-4-5-7-10-15)19-13-16-11-8-12-17(20-2)18(16)21-3/h8,11-12,14-15,19H,4-7,9-10,13H2,1-3H3/t14-/m1/s1. The van der Waals surface area contributed by atoms with Crippen LogP contribution >= 0.6 is 0 Å². The van der Waals surface area contributed by atoms with Gasteiger partial charge in [0.25, 0.3) is 0 Å². The van der Waals surface area contributed by atoms with Crippen molar-refractivity contribution in [1.82, 2.24) is 5.32 Å². The lowest BCUT2D eigenvalue weighted by molar-refractivity contribution is 0.328. The van der Waals surface area contributed by atoms with Crippen LogP contribution in [0.1, 0.15) is 51.0 Å². The third-order valence-electron chi connectivity index (χ3n) is 4.71. The van der Waals surface area contributed by atoms with Crippen LogP contribution in [0.2, 0.25) is 0 Å². The topological polar surface area (TPSA) is 30.5 Å². The van der Waals surface area contributed by atoms with Gasteiger partial charge >= 0.3 is 0 Å². The molecule has 1 aromatic carbocycles. The second-order valence-electron chi connectivity index (χ2n) is 6.07. The first kappa shape index (κ1) is 16.2. The summed E-state index contributed by atoms with van der Waals surface area (Å²) in [6.07, 6.45) is 8.32. The quantitative estimate of drug-likeness (QED) is 0.799. The van der Waals surface area contributed by atoms with Crippen LogP contribution in [-0.4, -0.2) is 20.3 Å². The summed E-state index contributed by atoms with van der Waals surface area (Å²) in [5.74, 6) is 2.46. The van der Waals surface area contributed by atoms with Crippen molar-refractivity contribution in [1.29, 1.82) is 0 Å². The Morgan fingerprint density at radius 2 is 1.81 bits per heavy atom. The smallest absolute Gasteiger partial charge is 0.165 e. The Labute approximate surface area is 129 Å². The molecule has 1 aliphatic carbocycles. The fraction of sp³-hybridized carbons (Fsp3) is 0.667. The van der Waals surface area contributed by atoms with Gasteiger partial charge in [0.1, 0.15) is 0 Å². The van der Waals surface area contributed by atoms with Gasteiger partial charge in [0.2, 0.25) is 0 Å². The van der Waals surface area contributed by atoms with Crippen LogP contribution < -0.4 is 14.8 Å². The van der Waals surface area contributed by atoms with Crippen molar-refractivity contribution in [3.05, 3.63) is 23.8 Å². The number of methoxy groups -OCH3 is 2. The number of nitrogens with one attached hydrogen (secondary N) is 1. The molecule has 1 fully saturated rings. The highest BCUT2D eigenvalue weighted by atomic mass is 16.5. The van der Waals surface area contributed by atoms with E-state index in [1.54, 1.807) is 14.2 Å². The van der Waals surface area contributed by atoms with Gasteiger partial charge in [-0.2, -0.15) is 0 Å². The van der Waals surface area contributed by atoms with Crippen LogP contribution in [0.3, 0.4) is 0 Å². The highest BCUT2D eigenvalue weighted by Crippen LogP contribution is 2.31. The molecule has 0 radical (unpaired) electrons. The van der Waals surface area contributed by atoms with Crippen molar-refractivity contribution in [3.8, 4) is 11.5 Å². The van der Waals surface area contributed by atoms with E-state index in [1.807, 2.05) is 12.1 Å². The van der Waals surface area contributed by atoms with Crippen molar-refractivity contribution in [2.75, 3.05) is 14.2 Å². The van der Waals surface area contributed by atoms with Crippen molar-refractivity contribution in [3.63, 3.8) is 0 Å². The van der Waals surface area contributed by atoms with Crippen molar-refractivity contribution >= 4 is 0 Å². The maximum absolute atomic E-state index is 5.50. The second-order valence-corrected chi connectivity index (χ2v) is 6.07. The minimum absolute atomic E-state index is 0.555. The van der Waals surface area contributed by atoms with Crippen LogP contribution in [0, 0.1) is 5.92 Å². The first-order valence-electron chi connectivity index (χ1n) is 8.19. The fourth-order valence-corrected chi connectivity index (χ4v) is 3.34. The lowest BCUT2D eigenvalue weighted by Crippen LogP contribution is -2.33. The maximum atomic E-state index is 5.50. The van der Waals surface area contributed by atoms with Gasteiger partial charge in [-0.05, 0) is 31.7 Å². The van der Waals surface area contributed by atoms with Crippen LogP contribution in [0.5, 0.6) is 11.5 Å². The predicted molar refractivity (Wildman–Crippen MR) is 87.0 cm³/mol. The fourth-order valence-electron chi connectivity index (χ4n) is 3.34. The first-order chi connectivity index (χ1) is 10.3. The highest BCUT2D eigenvalue weighted by Gasteiger charge is 2.19. The van der Waals surface area contributed by atoms with Gasteiger partial charge in [-0.1, -0.05) is 37.8 Å². The molecule has 3 heteroatoms. The van der Waals surface area contributed by atoms with Crippen LogP contribution in [0.4, 0.5) is 0 Å². The van der Waals surface area contributed by atoms with Gasteiger partial charge < -0.3 is 14.8 Å². The molecule has 118 valence electrons. The molecule has 2 rings (SSSR count). The predicted octanol–water partition coefficient (Wildman–Crippen LogP) is 4.15. The molecule has 0 aromatic heterocycles. The summed E-state index contributed by atoms with van der Waals surface area (Å²) in [5, 5.41) is 3.69. The largest absolute Gasteiger partial charge is 0.493 e. The molecule has 21 heavy (non-hydrogen) atoms. The summed E-state index contributed by atoms with van der Waals surface area (Å²) in [6.45, 7) is 3.15. The molecule has 0 heterocycles. The summed E-state index contributed by atoms with van der Waals surface area (Å²) < 4.78 is 10.9. The van der Waals surface area contributed by atoms with Crippen LogP contribution in [0.15, 0.2) is 18.2 Å². The van der Waals surface area contributed by atoms with Crippen molar-refractivity contribution in [2.24, 2.45) is 5.92 Å². The lowest BCUT2D eigenvalue weighted by atomic mass is 9.93. The number of hydrogen-bond donors (Lipinski definition) is 1. The van der Waals surface area contributed by atoms with E-state index in [9.17, 15) is 0 Å². The van der Waals surface area contributed by atoms with E-state index in [4.69, 9.17) is 9.47 Å². The Morgan fingerprint density at radius 3 is 2.43 bits per heavy atom. The molecular weight excluding hydrogens is 262 g/mol. The van der Waals surface area contributed by atoms with Gasteiger partial charge in [0, 0.05) is 18.2 Å². The highest BCUT2D eigenvalue weighted by molar-refractivity contribution is 5.46. The number of rotatable bonds is 6. The maximum Gasteiger partial charge on any atom is 0.165 e.